The first-order valence-corrected chi connectivity index (χ1v) is 7.30. The molecule has 0 unspecified atom stereocenters. The van der Waals surface area contributed by atoms with Gasteiger partial charge in [-0.25, -0.2) is 17.6 Å². The first-order valence-electron chi connectivity index (χ1n) is 7.30. The summed E-state index contributed by atoms with van der Waals surface area (Å²) < 4.78 is 59.3. The van der Waals surface area contributed by atoms with Crippen LogP contribution >= 0.6 is 0 Å². The summed E-state index contributed by atoms with van der Waals surface area (Å²) >= 11 is 0. The number of H-pyrrole nitrogens is 1. The van der Waals surface area contributed by atoms with Crippen LogP contribution in [0, 0.1) is 23.3 Å². The van der Waals surface area contributed by atoms with Crippen LogP contribution in [0.4, 0.5) is 23.2 Å². The molecule has 0 radical (unpaired) electrons. The zero-order valence-corrected chi connectivity index (χ0v) is 12.9. The molecule has 1 heterocycles. The molecule has 4 nitrogen and oxygen atoms in total. The minimum atomic E-state index is -1.14. The van der Waals surface area contributed by atoms with Crippen LogP contribution in [-0.2, 0) is 0 Å². The van der Waals surface area contributed by atoms with E-state index in [4.69, 9.17) is 4.74 Å². The van der Waals surface area contributed by atoms with Gasteiger partial charge in [-0.05, 0) is 25.1 Å². The molecule has 2 aromatic carbocycles. The summed E-state index contributed by atoms with van der Waals surface area (Å²) in [7, 11) is 0. The largest absolute Gasteiger partial charge is 0.488 e. The summed E-state index contributed by atoms with van der Waals surface area (Å²) in [6.07, 6.45) is 1.31. The van der Waals surface area contributed by atoms with E-state index in [-0.39, 0.29) is 23.2 Å². The lowest BCUT2D eigenvalue weighted by Gasteiger charge is -2.10. The van der Waals surface area contributed by atoms with Gasteiger partial charge in [0.2, 0.25) is 0 Å². The number of amides is 1. The molecule has 0 saturated heterocycles. The van der Waals surface area contributed by atoms with Crippen LogP contribution in [0.3, 0.4) is 0 Å². The second-order valence-corrected chi connectivity index (χ2v) is 5.14. The number of aromatic nitrogens is 1. The van der Waals surface area contributed by atoms with Crippen LogP contribution in [0.2, 0.25) is 0 Å². The molecule has 0 fully saturated rings. The van der Waals surface area contributed by atoms with E-state index < -0.39 is 40.5 Å². The van der Waals surface area contributed by atoms with Gasteiger partial charge in [-0.1, -0.05) is 0 Å². The Bertz CT molecular complexity index is 969. The Kier molecular flexibility index (Phi) is 4.35. The monoisotopic (exact) mass is 352 g/mol. The van der Waals surface area contributed by atoms with E-state index >= 15 is 0 Å². The van der Waals surface area contributed by atoms with Crippen LogP contribution in [-0.4, -0.2) is 17.5 Å². The number of rotatable bonds is 4. The number of carbonyl (C=O) groups is 1. The molecule has 130 valence electrons. The van der Waals surface area contributed by atoms with E-state index in [0.717, 1.165) is 24.3 Å². The van der Waals surface area contributed by atoms with Gasteiger partial charge in [-0.2, -0.15) is 0 Å². The molecule has 0 saturated carbocycles. The number of nitrogens with one attached hydrogen (secondary N) is 2. The molecule has 0 aliphatic rings. The topological polar surface area (TPSA) is 54.1 Å². The summed E-state index contributed by atoms with van der Waals surface area (Å²) in [6, 6.07) is 3.72. The van der Waals surface area contributed by atoms with E-state index in [9.17, 15) is 22.4 Å². The Hall–Kier alpha value is -3.03. The number of fused-ring (bicyclic) bond motifs is 1. The van der Waals surface area contributed by atoms with Crippen LogP contribution in [0.25, 0.3) is 10.9 Å². The SMILES string of the molecule is CCOc1c(F)ccc(C(=O)Nc2c[nH]c3cc(F)c(F)cc23)c1F. The predicted molar refractivity (Wildman–Crippen MR) is 83.7 cm³/mol. The van der Waals surface area contributed by atoms with Gasteiger partial charge in [-0.15, -0.1) is 0 Å². The molecule has 0 atom stereocenters. The van der Waals surface area contributed by atoms with Crippen molar-refractivity contribution in [3.63, 3.8) is 0 Å². The fraction of sp³-hybridized carbons (Fsp3) is 0.118. The minimum Gasteiger partial charge on any atom is -0.488 e. The summed E-state index contributed by atoms with van der Waals surface area (Å²) in [5, 5.41) is 2.59. The van der Waals surface area contributed by atoms with E-state index in [0.29, 0.717) is 0 Å². The van der Waals surface area contributed by atoms with Crippen molar-refractivity contribution < 1.29 is 27.1 Å². The van der Waals surface area contributed by atoms with Crippen molar-refractivity contribution >= 4 is 22.5 Å². The van der Waals surface area contributed by atoms with E-state index in [2.05, 4.69) is 10.3 Å². The van der Waals surface area contributed by atoms with Crippen molar-refractivity contribution in [3.05, 3.63) is 59.3 Å². The highest BCUT2D eigenvalue weighted by Crippen LogP contribution is 2.28. The van der Waals surface area contributed by atoms with Gasteiger partial charge in [0.1, 0.15) is 0 Å². The molecule has 3 rings (SSSR count). The quantitative estimate of drug-likeness (QED) is 0.685. The maximum Gasteiger partial charge on any atom is 0.258 e. The Balaban J connectivity index is 1.96. The van der Waals surface area contributed by atoms with Gasteiger partial charge >= 0.3 is 0 Å². The third-order valence-electron chi connectivity index (χ3n) is 3.55. The standard InChI is InChI=1S/C17H12F4N2O2/c1-2-25-16-10(18)4-3-8(15(16)21)17(24)23-14-7-22-13-6-12(20)11(19)5-9(13)14/h3-7,22H,2H2,1H3,(H,23,24). The number of ether oxygens (including phenoxy) is 1. The number of hydrogen-bond donors (Lipinski definition) is 2. The van der Waals surface area contributed by atoms with Gasteiger partial charge in [0.15, 0.2) is 29.0 Å². The lowest BCUT2D eigenvalue weighted by molar-refractivity contribution is 0.102. The Labute approximate surface area is 139 Å². The minimum absolute atomic E-state index is 0.0200. The second-order valence-electron chi connectivity index (χ2n) is 5.14. The Morgan fingerprint density at radius 3 is 2.56 bits per heavy atom. The molecule has 3 aromatic rings. The highest BCUT2D eigenvalue weighted by Gasteiger charge is 2.21. The molecule has 0 aliphatic carbocycles. The van der Waals surface area contributed by atoms with E-state index in [1.807, 2.05) is 0 Å². The van der Waals surface area contributed by atoms with Crippen LogP contribution in [0.5, 0.6) is 5.75 Å². The maximum atomic E-state index is 14.3. The molecule has 1 amide bonds. The summed E-state index contributed by atoms with van der Waals surface area (Å²) in [4.78, 5) is 15.0. The highest BCUT2D eigenvalue weighted by atomic mass is 19.2. The van der Waals surface area contributed by atoms with Gasteiger partial charge in [0.25, 0.3) is 5.91 Å². The number of hydrogen-bond acceptors (Lipinski definition) is 2. The smallest absolute Gasteiger partial charge is 0.258 e. The molecule has 1 aromatic heterocycles. The van der Waals surface area contributed by atoms with Gasteiger partial charge in [0, 0.05) is 17.6 Å². The zero-order valence-electron chi connectivity index (χ0n) is 12.9. The van der Waals surface area contributed by atoms with Gasteiger partial charge in [-0.3, -0.25) is 4.79 Å². The third-order valence-corrected chi connectivity index (χ3v) is 3.55. The summed E-state index contributed by atoms with van der Waals surface area (Å²) in [5.41, 5.74) is -0.0637. The molecule has 2 N–H and O–H groups in total. The van der Waals surface area contributed by atoms with Crippen molar-refractivity contribution in [2.75, 3.05) is 11.9 Å². The summed E-state index contributed by atoms with van der Waals surface area (Å²) in [5.74, 6) is -5.74. The highest BCUT2D eigenvalue weighted by molar-refractivity contribution is 6.09. The number of anilines is 1. The molecule has 25 heavy (non-hydrogen) atoms. The van der Waals surface area contributed by atoms with Crippen LogP contribution in [0.1, 0.15) is 17.3 Å². The van der Waals surface area contributed by atoms with Gasteiger partial charge < -0.3 is 15.0 Å². The van der Waals surface area contributed by atoms with Crippen molar-refractivity contribution in [3.8, 4) is 5.75 Å². The average molecular weight is 352 g/mol. The predicted octanol–water partition coefficient (Wildman–Crippen LogP) is 4.38. The maximum absolute atomic E-state index is 14.3. The molecule has 0 bridgehead atoms. The lowest BCUT2D eigenvalue weighted by atomic mass is 10.1. The average Bonchev–Trinajstić information content (AvgIpc) is 2.93. The fourth-order valence-electron chi connectivity index (χ4n) is 2.39. The fourth-order valence-corrected chi connectivity index (χ4v) is 2.39. The summed E-state index contributed by atoms with van der Waals surface area (Å²) in [6.45, 7) is 1.57. The zero-order chi connectivity index (χ0) is 18.1. The van der Waals surface area contributed by atoms with E-state index in [1.54, 1.807) is 6.92 Å². The second kappa shape index (κ2) is 6.46. The Morgan fingerprint density at radius 1 is 1.12 bits per heavy atom. The van der Waals surface area contributed by atoms with E-state index in [1.165, 1.54) is 6.20 Å². The van der Waals surface area contributed by atoms with Crippen LogP contribution < -0.4 is 10.1 Å². The first kappa shape index (κ1) is 16.8. The first-order chi connectivity index (χ1) is 11.9. The molecule has 8 heteroatoms. The molecule has 0 spiro atoms. The van der Waals surface area contributed by atoms with Crippen molar-refractivity contribution in [2.45, 2.75) is 6.92 Å². The molecular weight excluding hydrogens is 340 g/mol. The van der Waals surface area contributed by atoms with Gasteiger partial charge in [0.05, 0.1) is 23.4 Å². The number of carbonyl (C=O) groups excluding carboxylic acids is 1. The van der Waals surface area contributed by atoms with Crippen molar-refractivity contribution in [1.82, 2.24) is 4.98 Å². The molecule has 0 aliphatic heterocycles. The number of aromatic amines is 1. The Morgan fingerprint density at radius 2 is 1.84 bits per heavy atom. The van der Waals surface area contributed by atoms with Crippen molar-refractivity contribution in [2.24, 2.45) is 0 Å². The number of benzene rings is 2. The number of halogens is 4. The normalized spacial score (nSPS) is 10.9. The van der Waals surface area contributed by atoms with Crippen LogP contribution in [0.15, 0.2) is 30.5 Å². The third kappa shape index (κ3) is 3.02. The lowest BCUT2D eigenvalue weighted by Crippen LogP contribution is -2.15. The van der Waals surface area contributed by atoms with Crippen molar-refractivity contribution in [1.29, 1.82) is 0 Å². The molecular formula is C17H12F4N2O2.